The van der Waals surface area contributed by atoms with Gasteiger partial charge >= 0.3 is 12.1 Å². The van der Waals surface area contributed by atoms with Gasteiger partial charge in [0.15, 0.2) is 5.11 Å². The Morgan fingerprint density at radius 2 is 0.577 bits per heavy atom. The number of carbonyl (C=O) groups is 2. The molecule has 12 saturated carbocycles. The Kier molecular flexibility index (Phi) is 17.3. The summed E-state index contributed by atoms with van der Waals surface area (Å²) in [5.74, 6) is 7.47. The van der Waals surface area contributed by atoms with E-state index in [2.05, 4.69) is 126 Å². The summed E-state index contributed by atoms with van der Waals surface area (Å²) >= 11 is 12.5. The number of carbonyl (C=O) groups excluding carboxylic acids is 2. The summed E-state index contributed by atoms with van der Waals surface area (Å²) in [6.07, 6.45) is 23.2. The minimum atomic E-state index is -0.103. The van der Waals surface area contributed by atoms with E-state index in [0.717, 1.165) is 212 Å². The maximum absolute atomic E-state index is 13.1. The summed E-state index contributed by atoms with van der Waals surface area (Å²) < 4.78 is 0. The van der Waals surface area contributed by atoms with E-state index in [1.807, 2.05) is 91.0 Å². The minimum absolute atomic E-state index is 0.00254. The summed E-state index contributed by atoms with van der Waals surface area (Å²) in [6, 6.07) is 54.6. The van der Waals surface area contributed by atoms with Crippen LogP contribution >= 0.6 is 57.6 Å². The molecule has 5 aromatic carbocycles. The largest absolute Gasteiger partial charge is 0.357 e. The molecule has 14 nitrogen and oxygen atoms in total. The van der Waals surface area contributed by atoms with Crippen LogP contribution < -0.4 is 31.9 Å². The zero-order chi connectivity index (χ0) is 69.5. The van der Waals surface area contributed by atoms with Crippen molar-refractivity contribution in [3.05, 3.63) is 185 Å². The molecular formula is C85H82N12O2S5. The van der Waals surface area contributed by atoms with Crippen LogP contribution in [0.25, 0.3) is 97.9 Å². The zero-order valence-electron chi connectivity index (χ0n) is 57.9. The number of thiocarbonyl (C=S) groups is 1. The summed E-state index contributed by atoms with van der Waals surface area (Å²) in [4.78, 5) is 60.7. The van der Waals surface area contributed by atoms with Crippen LogP contribution in [0.1, 0.15) is 116 Å². The van der Waals surface area contributed by atoms with Crippen LogP contribution in [-0.2, 0) is 0 Å². The highest BCUT2D eigenvalue weighted by molar-refractivity contribution is 7.80. The molecule has 4 amide bonds. The average molecular weight is 1460 g/mol. The van der Waals surface area contributed by atoms with Gasteiger partial charge in [-0.25, -0.2) is 39.5 Å². The topological polar surface area (TPSA) is 184 Å². The molecule has 0 unspecified atom stereocenters. The Balaban J connectivity index is 0.000000107. The second kappa shape index (κ2) is 27.2. The molecule has 7 aromatic heterocycles. The number of fused-ring (bicyclic) bond motifs is 3. The lowest BCUT2D eigenvalue weighted by Crippen LogP contribution is -2.60. The van der Waals surface area contributed by atoms with Crippen LogP contribution in [0.4, 0.5) is 26.7 Å². The molecule has 12 bridgehead atoms. The van der Waals surface area contributed by atoms with Crippen LogP contribution in [0.3, 0.4) is 0 Å². The second-order valence-electron chi connectivity index (χ2n) is 31.8. The number of benzene rings is 5. The van der Waals surface area contributed by atoms with Crippen LogP contribution in [0.2, 0.25) is 0 Å². The lowest BCUT2D eigenvalue weighted by atomic mass is 9.53. The second-order valence-corrected chi connectivity index (χ2v) is 36.0. The minimum Gasteiger partial charge on any atom is -0.357 e. The van der Waals surface area contributed by atoms with Crippen molar-refractivity contribution in [3.63, 3.8) is 0 Å². The predicted octanol–water partition coefficient (Wildman–Crippen LogP) is 21.6. The first kappa shape index (κ1) is 65.9. The standard InChI is InChI=1S/C31H30N4O.C27H26N4OS2.C27H26N4S3/c36-30(35-31-17-20-13-21(18-31)15-22(14-20)19-31)32-25-11-12-26-27(16-25)34-29(24-9-5-2-6-10-24)28(33-26)23-7-3-1-4-8-23;2*32-26(31-27-13-16-9-17(14-27)11-18(10-16)15-27)28-19-5-6-20-21(12-19)30-25(23-4-2-8-34-23)24(29-20)22-3-1-7-33-22/h1-12,16,20-22H,13-15,17-19H2,(H2,32,35,36);2*1-8,12,16-18H,9-11,13-15H2,(H2,28,31,32). The fraction of sp³-hybridized carbons (Fsp3) is 0.353. The van der Waals surface area contributed by atoms with E-state index < -0.39 is 0 Å². The predicted molar refractivity (Wildman–Crippen MR) is 429 cm³/mol. The fourth-order valence-electron chi connectivity index (χ4n) is 21.3. The van der Waals surface area contributed by atoms with E-state index in [-0.39, 0.29) is 28.7 Å². The Morgan fingerprint density at radius 3 is 0.875 bits per heavy atom. The number of rotatable bonds is 12. The third-order valence-corrected chi connectivity index (χ3v) is 27.8. The van der Waals surface area contributed by atoms with Gasteiger partial charge in [0.1, 0.15) is 22.8 Å². The van der Waals surface area contributed by atoms with Gasteiger partial charge in [-0.3, -0.25) is 0 Å². The Morgan fingerprint density at radius 1 is 0.308 bits per heavy atom. The molecule has 24 rings (SSSR count). The molecular weight excluding hydrogens is 1380 g/mol. The first-order chi connectivity index (χ1) is 50.9. The van der Waals surface area contributed by atoms with Crippen molar-refractivity contribution < 1.29 is 9.59 Å². The molecule has 524 valence electrons. The number of nitrogens with one attached hydrogen (secondary N) is 6. The Bertz CT molecular complexity index is 4870. The SMILES string of the molecule is O=C(Nc1ccc2nc(-c3ccccc3)c(-c3ccccc3)nc2c1)NC12CC3CC(CC(C3)C1)C2.O=C(Nc1ccc2nc(-c3cccs3)c(-c3cccs3)nc2c1)NC12CC3CC(CC(C3)C1)C2.S=C(Nc1ccc2nc(-c3cccs3)c(-c3cccs3)nc2c1)NC12CC3CC(CC(C3)C1)C2. The molecule has 19 heteroatoms. The molecule has 12 aliphatic rings. The van der Waals surface area contributed by atoms with Gasteiger partial charge < -0.3 is 31.9 Å². The van der Waals surface area contributed by atoms with E-state index in [1.54, 1.807) is 45.3 Å². The number of hydrogen-bond donors (Lipinski definition) is 6. The van der Waals surface area contributed by atoms with Gasteiger partial charge in [-0.05, 0) is 281 Å². The number of aromatic nitrogens is 6. The van der Waals surface area contributed by atoms with Crippen molar-refractivity contribution >= 4 is 125 Å². The first-order valence-corrected chi connectivity index (χ1v) is 41.3. The van der Waals surface area contributed by atoms with Crippen LogP contribution in [-0.4, -0.2) is 63.7 Å². The third kappa shape index (κ3) is 13.5. The van der Waals surface area contributed by atoms with Crippen molar-refractivity contribution in [3.8, 4) is 64.8 Å². The highest BCUT2D eigenvalue weighted by atomic mass is 32.1. The molecule has 12 fully saturated rings. The van der Waals surface area contributed by atoms with Crippen molar-refractivity contribution in [2.75, 3.05) is 16.0 Å². The average Bonchev–Trinajstić information content (AvgIpc) is 0.903. The smallest absolute Gasteiger partial charge is 0.319 e. The van der Waals surface area contributed by atoms with Gasteiger partial charge in [-0.2, -0.15) is 0 Å². The highest BCUT2D eigenvalue weighted by Crippen LogP contribution is 2.58. The Hall–Kier alpha value is -8.85. The molecule has 0 spiro atoms. The van der Waals surface area contributed by atoms with Crippen LogP contribution in [0, 0.1) is 53.3 Å². The lowest BCUT2D eigenvalue weighted by Gasteiger charge is -2.57. The molecule has 12 aromatic rings. The van der Waals surface area contributed by atoms with Crippen molar-refractivity contribution in [2.45, 2.75) is 132 Å². The summed E-state index contributed by atoms with van der Waals surface area (Å²) in [6.45, 7) is 0. The lowest BCUT2D eigenvalue weighted by molar-refractivity contribution is -0.0130. The fourth-order valence-corrected chi connectivity index (χ4v) is 24.5. The monoisotopic (exact) mass is 1460 g/mol. The molecule has 104 heavy (non-hydrogen) atoms. The Labute approximate surface area is 627 Å². The van der Waals surface area contributed by atoms with E-state index in [0.29, 0.717) is 0 Å². The zero-order valence-corrected chi connectivity index (χ0v) is 61.9. The van der Waals surface area contributed by atoms with E-state index >= 15 is 0 Å². The maximum atomic E-state index is 13.1. The van der Waals surface area contributed by atoms with E-state index in [9.17, 15) is 9.59 Å². The summed E-state index contributed by atoms with van der Waals surface area (Å²) in [7, 11) is 0. The number of thiophene rings is 4. The summed E-state index contributed by atoms with van der Waals surface area (Å²) in [5.41, 5.74) is 15.0. The van der Waals surface area contributed by atoms with Crippen LogP contribution in [0.15, 0.2) is 185 Å². The maximum Gasteiger partial charge on any atom is 0.319 e. The number of urea groups is 2. The van der Waals surface area contributed by atoms with E-state index in [4.69, 9.17) is 42.1 Å². The molecule has 12 aliphatic carbocycles. The van der Waals surface area contributed by atoms with Gasteiger partial charge in [0, 0.05) is 44.8 Å². The number of nitrogens with zero attached hydrogens (tertiary/aromatic N) is 6. The quantitative estimate of drug-likeness (QED) is 0.0640. The van der Waals surface area contributed by atoms with Gasteiger partial charge in [0.25, 0.3) is 0 Å². The van der Waals surface area contributed by atoms with Crippen molar-refractivity contribution in [1.82, 2.24) is 45.9 Å². The molecule has 0 aliphatic heterocycles. The van der Waals surface area contributed by atoms with E-state index in [1.165, 1.54) is 77.0 Å². The molecule has 0 saturated heterocycles. The number of amides is 4. The van der Waals surface area contributed by atoms with Gasteiger partial charge in [-0.15, -0.1) is 45.3 Å². The molecule has 0 atom stereocenters. The van der Waals surface area contributed by atoms with Crippen molar-refractivity contribution in [2.24, 2.45) is 53.3 Å². The number of hydrogen-bond acceptors (Lipinski definition) is 13. The normalized spacial score (nSPS) is 26.9. The van der Waals surface area contributed by atoms with Gasteiger partial charge in [0.05, 0.1) is 64.0 Å². The summed E-state index contributed by atoms with van der Waals surface area (Å²) in [5, 5.41) is 29.3. The first-order valence-electron chi connectivity index (χ1n) is 37.4. The molecule has 6 N–H and O–H groups in total. The molecule has 0 radical (unpaired) electrons. The van der Waals surface area contributed by atoms with Gasteiger partial charge in [-0.1, -0.05) is 84.9 Å². The third-order valence-electron chi connectivity index (χ3n) is 24.1. The highest BCUT2D eigenvalue weighted by Gasteiger charge is 2.54. The van der Waals surface area contributed by atoms with Crippen molar-refractivity contribution in [1.29, 1.82) is 0 Å². The number of anilines is 3. The van der Waals surface area contributed by atoms with Gasteiger partial charge in [0.2, 0.25) is 0 Å². The molecule has 7 heterocycles. The van der Waals surface area contributed by atoms with Crippen LogP contribution in [0.5, 0.6) is 0 Å².